The zero-order valence-corrected chi connectivity index (χ0v) is 13.7. The molecule has 0 radical (unpaired) electrons. The maximum absolute atomic E-state index is 14.0. The van der Waals surface area contributed by atoms with Gasteiger partial charge in [0.15, 0.2) is 0 Å². The smallest absolute Gasteiger partial charge is 0.338 e. The van der Waals surface area contributed by atoms with Crippen LogP contribution < -0.4 is 10.9 Å². The molecule has 0 saturated heterocycles. The van der Waals surface area contributed by atoms with E-state index in [1.54, 1.807) is 31.3 Å². The summed E-state index contributed by atoms with van der Waals surface area (Å²) in [5.74, 6) is -1.14. The summed E-state index contributed by atoms with van der Waals surface area (Å²) in [6, 6.07) is 9.32. The molecule has 0 bridgehead atoms. The number of esters is 1. The molecular weight excluding hydrogens is 325 g/mol. The second-order valence-corrected chi connectivity index (χ2v) is 5.49. The van der Waals surface area contributed by atoms with Crippen LogP contribution >= 0.6 is 0 Å². The van der Waals surface area contributed by atoms with E-state index in [2.05, 4.69) is 15.0 Å². The molecule has 0 aliphatic rings. The van der Waals surface area contributed by atoms with Gasteiger partial charge in [-0.1, -0.05) is 6.07 Å². The first kappa shape index (κ1) is 16.6. The molecule has 128 valence electrons. The lowest BCUT2D eigenvalue weighted by molar-refractivity contribution is 0.0600. The van der Waals surface area contributed by atoms with Gasteiger partial charge in [-0.05, 0) is 31.2 Å². The van der Waals surface area contributed by atoms with Crippen molar-refractivity contribution in [2.45, 2.75) is 13.5 Å². The van der Waals surface area contributed by atoms with Gasteiger partial charge in [0.2, 0.25) is 0 Å². The molecule has 2 heterocycles. The normalized spacial score (nSPS) is 10.7. The maximum Gasteiger partial charge on any atom is 0.338 e. The van der Waals surface area contributed by atoms with Crippen molar-refractivity contribution in [2.75, 3.05) is 12.4 Å². The Kier molecular flexibility index (Phi) is 4.47. The number of ether oxygens (including phenoxy) is 1. The minimum atomic E-state index is -0.621. The van der Waals surface area contributed by atoms with E-state index < -0.39 is 11.8 Å². The third kappa shape index (κ3) is 3.35. The van der Waals surface area contributed by atoms with Gasteiger partial charge in [0.1, 0.15) is 11.5 Å². The van der Waals surface area contributed by atoms with Gasteiger partial charge in [-0.15, -0.1) is 0 Å². The van der Waals surface area contributed by atoms with E-state index in [9.17, 15) is 14.0 Å². The molecule has 0 aliphatic carbocycles. The second kappa shape index (κ2) is 6.72. The lowest BCUT2D eigenvalue weighted by Gasteiger charge is -2.12. The maximum atomic E-state index is 14.0. The molecule has 25 heavy (non-hydrogen) atoms. The van der Waals surface area contributed by atoms with E-state index in [4.69, 9.17) is 0 Å². The largest absolute Gasteiger partial charge is 0.465 e. The molecule has 0 saturated carbocycles. The Balaban J connectivity index is 1.90. The Morgan fingerprint density at radius 2 is 2.12 bits per heavy atom. The Hall–Kier alpha value is -3.22. The molecule has 0 aliphatic heterocycles. The number of carbonyl (C=O) groups excluding carboxylic acids is 1. The Morgan fingerprint density at radius 3 is 2.88 bits per heavy atom. The van der Waals surface area contributed by atoms with Gasteiger partial charge >= 0.3 is 5.97 Å². The molecule has 1 aromatic carbocycles. The molecular formula is C18H16FN3O3. The molecule has 3 aromatic rings. The summed E-state index contributed by atoms with van der Waals surface area (Å²) in [5.41, 5.74) is 1.76. The van der Waals surface area contributed by atoms with Crippen LogP contribution in [0.2, 0.25) is 0 Å². The van der Waals surface area contributed by atoms with Gasteiger partial charge in [0, 0.05) is 23.5 Å². The number of nitrogens with one attached hydrogen (secondary N) is 1. The number of halogens is 1. The highest BCUT2D eigenvalue weighted by Crippen LogP contribution is 2.22. The van der Waals surface area contributed by atoms with Crippen LogP contribution in [0, 0.1) is 12.7 Å². The number of hydrogen-bond donors (Lipinski definition) is 1. The van der Waals surface area contributed by atoms with Crippen LogP contribution in [-0.4, -0.2) is 22.5 Å². The number of hydrogen-bond acceptors (Lipinski definition) is 5. The summed E-state index contributed by atoms with van der Waals surface area (Å²) < 4.78 is 20.1. The fourth-order valence-corrected chi connectivity index (χ4v) is 2.48. The summed E-state index contributed by atoms with van der Waals surface area (Å²) in [4.78, 5) is 28.1. The zero-order chi connectivity index (χ0) is 18.0. The minimum Gasteiger partial charge on any atom is -0.465 e. The number of carbonyl (C=O) groups is 1. The van der Waals surface area contributed by atoms with Crippen LogP contribution in [0.4, 0.5) is 10.1 Å². The van der Waals surface area contributed by atoms with Crippen LogP contribution in [0.3, 0.4) is 0 Å². The number of pyridine rings is 1. The standard InChI is InChI=1S/C18H16FN3O3/c1-11-14(19)7-12(18(24)25-2)8-15(11)20-10-13-9-17(23)22-6-4-3-5-16(22)21-13/h3-9,20H,10H2,1-2H3. The van der Waals surface area contributed by atoms with E-state index in [1.165, 1.54) is 23.6 Å². The Labute approximate surface area is 142 Å². The molecule has 3 rings (SSSR count). The highest BCUT2D eigenvalue weighted by molar-refractivity contribution is 5.90. The second-order valence-electron chi connectivity index (χ2n) is 5.49. The van der Waals surface area contributed by atoms with Crippen molar-refractivity contribution < 1.29 is 13.9 Å². The van der Waals surface area contributed by atoms with E-state index in [-0.39, 0.29) is 17.7 Å². The molecule has 0 atom stereocenters. The quantitative estimate of drug-likeness (QED) is 0.738. The predicted octanol–water partition coefficient (Wildman–Crippen LogP) is 2.54. The van der Waals surface area contributed by atoms with Crippen molar-refractivity contribution in [1.82, 2.24) is 9.38 Å². The molecule has 0 amide bonds. The molecule has 0 fully saturated rings. The SMILES string of the molecule is COC(=O)c1cc(F)c(C)c(NCc2cc(=O)n3ccccc3n2)c1. The van der Waals surface area contributed by atoms with Gasteiger partial charge < -0.3 is 10.1 Å². The van der Waals surface area contributed by atoms with Crippen molar-refractivity contribution >= 4 is 17.3 Å². The third-order valence-corrected chi connectivity index (χ3v) is 3.85. The number of fused-ring (bicyclic) bond motifs is 1. The molecule has 2 aromatic heterocycles. The number of anilines is 1. The van der Waals surface area contributed by atoms with Crippen molar-refractivity contribution in [3.8, 4) is 0 Å². The first-order chi connectivity index (χ1) is 12.0. The summed E-state index contributed by atoms with van der Waals surface area (Å²) in [6.07, 6.45) is 1.64. The van der Waals surface area contributed by atoms with Crippen LogP contribution in [0.25, 0.3) is 5.65 Å². The zero-order valence-electron chi connectivity index (χ0n) is 13.7. The van der Waals surface area contributed by atoms with Crippen molar-refractivity contribution in [3.63, 3.8) is 0 Å². The van der Waals surface area contributed by atoms with Crippen molar-refractivity contribution in [3.05, 3.63) is 75.6 Å². The lowest BCUT2D eigenvalue weighted by atomic mass is 10.1. The van der Waals surface area contributed by atoms with Gasteiger partial charge in [-0.3, -0.25) is 9.20 Å². The number of benzene rings is 1. The van der Waals surface area contributed by atoms with Crippen LogP contribution in [0.1, 0.15) is 21.6 Å². The lowest BCUT2D eigenvalue weighted by Crippen LogP contribution is -2.16. The molecule has 0 unspecified atom stereocenters. The molecule has 0 spiro atoms. The first-order valence-corrected chi connectivity index (χ1v) is 7.59. The topological polar surface area (TPSA) is 72.7 Å². The summed E-state index contributed by atoms with van der Waals surface area (Å²) >= 11 is 0. The fourth-order valence-electron chi connectivity index (χ4n) is 2.48. The number of aromatic nitrogens is 2. The van der Waals surface area contributed by atoms with Crippen LogP contribution in [0.15, 0.2) is 47.4 Å². The average molecular weight is 341 g/mol. The van der Waals surface area contributed by atoms with Gasteiger partial charge in [0.25, 0.3) is 5.56 Å². The van der Waals surface area contributed by atoms with E-state index in [1.807, 2.05) is 0 Å². The van der Waals surface area contributed by atoms with E-state index in [0.717, 1.165) is 6.07 Å². The molecule has 1 N–H and O–H groups in total. The predicted molar refractivity (Wildman–Crippen MR) is 91.3 cm³/mol. The van der Waals surface area contributed by atoms with E-state index >= 15 is 0 Å². The number of rotatable bonds is 4. The van der Waals surface area contributed by atoms with E-state index in [0.29, 0.717) is 22.6 Å². The average Bonchev–Trinajstić information content (AvgIpc) is 2.62. The minimum absolute atomic E-state index is 0.111. The fraction of sp³-hybridized carbons (Fsp3) is 0.167. The number of methoxy groups -OCH3 is 1. The Bertz CT molecular complexity index is 1010. The summed E-state index contributed by atoms with van der Waals surface area (Å²) in [6.45, 7) is 1.81. The van der Waals surface area contributed by atoms with Crippen LogP contribution in [-0.2, 0) is 11.3 Å². The van der Waals surface area contributed by atoms with Gasteiger partial charge in [0.05, 0.1) is 24.9 Å². The van der Waals surface area contributed by atoms with Crippen LogP contribution in [0.5, 0.6) is 0 Å². The van der Waals surface area contributed by atoms with Gasteiger partial charge in [-0.2, -0.15) is 0 Å². The molecule has 7 heteroatoms. The Morgan fingerprint density at radius 1 is 1.32 bits per heavy atom. The third-order valence-electron chi connectivity index (χ3n) is 3.85. The van der Waals surface area contributed by atoms with Crippen molar-refractivity contribution in [1.29, 1.82) is 0 Å². The molecule has 6 nitrogen and oxygen atoms in total. The van der Waals surface area contributed by atoms with Gasteiger partial charge in [-0.25, -0.2) is 14.2 Å². The van der Waals surface area contributed by atoms with Crippen molar-refractivity contribution in [2.24, 2.45) is 0 Å². The first-order valence-electron chi connectivity index (χ1n) is 7.59. The monoisotopic (exact) mass is 341 g/mol. The summed E-state index contributed by atoms with van der Waals surface area (Å²) in [7, 11) is 1.24. The highest BCUT2D eigenvalue weighted by Gasteiger charge is 2.13. The highest BCUT2D eigenvalue weighted by atomic mass is 19.1. The summed E-state index contributed by atoms with van der Waals surface area (Å²) in [5, 5.41) is 3.02. The number of nitrogens with zero attached hydrogens (tertiary/aromatic N) is 2.